The maximum Gasteiger partial charge on any atom is 0.220 e. The summed E-state index contributed by atoms with van der Waals surface area (Å²) in [6, 6.07) is 0.462. The molecule has 0 aromatic rings. The van der Waals surface area contributed by atoms with Crippen molar-refractivity contribution in [3.63, 3.8) is 0 Å². The van der Waals surface area contributed by atoms with E-state index in [-0.39, 0.29) is 5.91 Å². The molecule has 2 heteroatoms. The highest BCUT2D eigenvalue weighted by Gasteiger charge is 2.27. The molecule has 1 rings (SSSR count). The van der Waals surface area contributed by atoms with Crippen LogP contribution in [0.1, 0.15) is 46.0 Å². The van der Waals surface area contributed by atoms with Crippen molar-refractivity contribution >= 4 is 5.91 Å². The number of hydrogen-bond donors (Lipinski definition) is 1. The van der Waals surface area contributed by atoms with Crippen molar-refractivity contribution in [3.05, 3.63) is 0 Å². The average molecular weight is 169 g/mol. The first-order valence-corrected chi connectivity index (χ1v) is 5.03. The number of nitrogens with one attached hydrogen (secondary N) is 1. The normalized spacial score (nSPS) is 29.0. The van der Waals surface area contributed by atoms with E-state index in [2.05, 4.69) is 19.2 Å². The Hall–Kier alpha value is -0.530. The largest absolute Gasteiger partial charge is 0.353 e. The number of rotatable bonds is 4. The Morgan fingerprint density at radius 2 is 2.25 bits per heavy atom. The summed E-state index contributed by atoms with van der Waals surface area (Å²) in [7, 11) is 0. The van der Waals surface area contributed by atoms with Crippen molar-refractivity contribution < 1.29 is 4.79 Å². The molecule has 70 valence electrons. The minimum Gasteiger partial charge on any atom is -0.353 e. The molecular formula is C10H19NO. The van der Waals surface area contributed by atoms with E-state index in [9.17, 15) is 4.79 Å². The van der Waals surface area contributed by atoms with Gasteiger partial charge in [-0.05, 0) is 12.3 Å². The van der Waals surface area contributed by atoms with Gasteiger partial charge in [0.2, 0.25) is 5.91 Å². The summed E-state index contributed by atoms with van der Waals surface area (Å²) in [6.45, 7) is 4.37. The lowest BCUT2D eigenvalue weighted by molar-refractivity contribution is -0.119. The Morgan fingerprint density at radius 1 is 1.50 bits per heavy atom. The molecule has 2 atom stereocenters. The van der Waals surface area contributed by atoms with Crippen LogP contribution in [-0.4, -0.2) is 11.9 Å². The van der Waals surface area contributed by atoms with Crippen molar-refractivity contribution in [3.8, 4) is 0 Å². The first-order chi connectivity index (χ1) is 5.74. The number of hydrogen-bond acceptors (Lipinski definition) is 1. The number of unbranched alkanes of at least 4 members (excludes halogenated alkanes) is 2. The smallest absolute Gasteiger partial charge is 0.220 e. The van der Waals surface area contributed by atoms with Gasteiger partial charge in [0.15, 0.2) is 0 Å². The van der Waals surface area contributed by atoms with Crippen molar-refractivity contribution in [1.29, 1.82) is 0 Å². The lowest BCUT2D eigenvalue weighted by Gasteiger charge is -2.13. The molecule has 0 aromatic carbocycles. The molecule has 1 fully saturated rings. The van der Waals surface area contributed by atoms with Gasteiger partial charge in [-0.3, -0.25) is 4.79 Å². The van der Waals surface area contributed by atoms with Crippen LogP contribution >= 0.6 is 0 Å². The van der Waals surface area contributed by atoms with Crippen molar-refractivity contribution in [2.24, 2.45) is 5.92 Å². The molecule has 2 nitrogen and oxygen atoms in total. The van der Waals surface area contributed by atoms with Crippen LogP contribution in [-0.2, 0) is 4.79 Å². The molecule has 0 radical (unpaired) electrons. The van der Waals surface area contributed by atoms with E-state index in [1.807, 2.05) is 0 Å². The van der Waals surface area contributed by atoms with E-state index in [4.69, 9.17) is 0 Å². The second-order valence-electron chi connectivity index (χ2n) is 3.85. The van der Waals surface area contributed by atoms with Crippen molar-refractivity contribution in [1.82, 2.24) is 5.32 Å². The summed E-state index contributed by atoms with van der Waals surface area (Å²) >= 11 is 0. The van der Waals surface area contributed by atoms with Gasteiger partial charge in [0.25, 0.3) is 0 Å². The standard InChI is InChI=1S/C10H19NO/c1-3-4-5-6-9-8(2)7-10(12)11-9/h8-9H,3-7H2,1-2H3,(H,11,12)/t8-,9-/m0/s1. The zero-order chi connectivity index (χ0) is 8.97. The van der Waals surface area contributed by atoms with Crippen molar-refractivity contribution in [2.45, 2.75) is 52.0 Å². The Morgan fingerprint density at radius 3 is 2.75 bits per heavy atom. The SMILES string of the molecule is CCCCC[C@@H]1NC(=O)C[C@@H]1C. The van der Waals surface area contributed by atoms with Gasteiger partial charge in [-0.15, -0.1) is 0 Å². The summed E-state index contributed by atoms with van der Waals surface area (Å²) in [5, 5.41) is 3.02. The fraction of sp³-hybridized carbons (Fsp3) is 0.900. The first-order valence-electron chi connectivity index (χ1n) is 5.03. The number of amides is 1. The fourth-order valence-electron chi connectivity index (χ4n) is 1.81. The van der Waals surface area contributed by atoms with Gasteiger partial charge in [0, 0.05) is 12.5 Å². The van der Waals surface area contributed by atoms with Crippen LogP contribution in [0, 0.1) is 5.92 Å². The van der Waals surface area contributed by atoms with Crippen molar-refractivity contribution in [2.75, 3.05) is 0 Å². The Bertz CT molecular complexity index is 156. The molecule has 12 heavy (non-hydrogen) atoms. The van der Waals surface area contributed by atoms with Crippen LogP contribution in [0.2, 0.25) is 0 Å². The number of carbonyl (C=O) groups is 1. The predicted molar refractivity (Wildman–Crippen MR) is 49.9 cm³/mol. The third kappa shape index (κ3) is 2.50. The van der Waals surface area contributed by atoms with Gasteiger partial charge in [-0.1, -0.05) is 33.1 Å². The lowest BCUT2D eigenvalue weighted by Crippen LogP contribution is -2.27. The zero-order valence-electron chi connectivity index (χ0n) is 8.10. The van der Waals surface area contributed by atoms with Gasteiger partial charge in [-0.2, -0.15) is 0 Å². The average Bonchev–Trinajstić information content (AvgIpc) is 2.31. The second-order valence-corrected chi connectivity index (χ2v) is 3.85. The summed E-state index contributed by atoms with van der Waals surface area (Å²) in [5.74, 6) is 0.790. The highest BCUT2D eigenvalue weighted by Crippen LogP contribution is 2.20. The molecule has 1 amide bonds. The third-order valence-corrected chi connectivity index (χ3v) is 2.66. The predicted octanol–water partition coefficient (Wildman–Crippen LogP) is 2.09. The maximum absolute atomic E-state index is 11.0. The van der Waals surface area contributed by atoms with E-state index in [0.29, 0.717) is 12.0 Å². The molecule has 1 saturated heterocycles. The molecule has 0 aliphatic carbocycles. The molecule has 1 aliphatic rings. The minimum atomic E-state index is 0.240. The topological polar surface area (TPSA) is 29.1 Å². The fourth-order valence-corrected chi connectivity index (χ4v) is 1.81. The highest BCUT2D eigenvalue weighted by atomic mass is 16.1. The van der Waals surface area contributed by atoms with Gasteiger partial charge in [0.05, 0.1) is 0 Å². The van der Waals surface area contributed by atoms with Gasteiger partial charge < -0.3 is 5.32 Å². The summed E-state index contributed by atoms with van der Waals surface area (Å²) in [6.07, 6.45) is 5.71. The van der Waals surface area contributed by atoms with Gasteiger partial charge in [0.1, 0.15) is 0 Å². The Labute approximate surface area is 74.7 Å². The molecule has 0 bridgehead atoms. The third-order valence-electron chi connectivity index (χ3n) is 2.66. The quantitative estimate of drug-likeness (QED) is 0.641. The second kappa shape index (κ2) is 4.48. The van der Waals surface area contributed by atoms with Crippen LogP contribution in [0.25, 0.3) is 0 Å². The molecule has 1 aliphatic heterocycles. The minimum absolute atomic E-state index is 0.240. The van der Waals surface area contributed by atoms with Crippen LogP contribution in [0.5, 0.6) is 0 Å². The van der Waals surface area contributed by atoms with Crippen LogP contribution in [0.3, 0.4) is 0 Å². The van der Waals surface area contributed by atoms with E-state index in [1.54, 1.807) is 0 Å². The van der Waals surface area contributed by atoms with Gasteiger partial charge >= 0.3 is 0 Å². The van der Waals surface area contributed by atoms with Crippen LogP contribution < -0.4 is 5.32 Å². The maximum atomic E-state index is 11.0. The van der Waals surface area contributed by atoms with E-state index in [1.165, 1.54) is 25.7 Å². The molecule has 0 saturated carbocycles. The Kier molecular flexibility index (Phi) is 3.57. The van der Waals surface area contributed by atoms with Crippen LogP contribution in [0.4, 0.5) is 0 Å². The lowest BCUT2D eigenvalue weighted by atomic mass is 9.98. The Balaban J connectivity index is 2.19. The monoisotopic (exact) mass is 169 g/mol. The summed E-state index contributed by atoms with van der Waals surface area (Å²) < 4.78 is 0. The van der Waals surface area contributed by atoms with E-state index >= 15 is 0 Å². The van der Waals surface area contributed by atoms with Crippen LogP contribution in [0.15, 0.2) is 0 Å². The highest BCUT2D eigenvalue weighted by molar-refractivity contribution is 5.78. The number of carbonyl (C=O) groups excluding carboxylic acids is 1. The molecular weight excluding hydrogens is 150 g/mol. The molecule has 1 N–H and O–H groups in total. The summed E-state index contributed by atoms with van der Waals surface area (Å²) in [4.78, 5) is 11.0. The first kappa shape index (κ1) is 9.56. The van der Waals surface area contributed by atoms with E-state index < -0.39 is 0 Å². The van der Waals surface area contributed by atoms with Gasteiger partial charge in [-0.25, -0.2) is 0 Å². The van der Waals surface area contributed by atoms with E-state index in [0.717, 1.165) is 6.42 Å². The molecule has 1 heterocycles. The summed E-state index contributed by atoms with van der Waals surface area (Å²) in [5.41, 5.74) is 0. The zero-order valence-corrected chi connectivity index (χ0v) is 8.10. The molecule has 0 aromatic heterocycles. The molecule has 0 unspecified atom stereocenters. The molecule has 0 spiro atoms.